The fourth-order valence-corrected chi connectivity index (χ4v) is 2.48. The normalized spacial score (nSPS) is 19.2. The third-order valence-corrected chi connectivity index (χ3v) is 3.06. The highest BCUT2D eigenvalue weighted by molar-refractivity contribution is 5.43. The van der Waals surface area contributed by atoms with Crippen LogP contribution in [0.5, 0.6) is 0 Å². The van der Waals surface area contributed by atoms with Gasteiger partial charge < -0.3 is 0 Å². The molecule has 0 nitrogen and oxygen atoms in total. The second-order valence-electron chi connectivity index (χ2n) is 4.49. The smallest absolute Gasteiger partial charge is 0.00950 e. The zero-order valence-corrected chi connectivity index (χ0v) is 8.15. The molecule has 0 radical (unpaired) electrons. The highest BCUT2D eigenvalue weighted by atomic mass is 14.3. The zero-order valence-electron chi connectivity index (χ0n) is 8.15. The molecule has 0 N–H and O–H groups in total. The minimum absolute atomic E-state index is 0.417. The molecular weight excluding hydrogens is 144 g/mol. The Morgan fingerprint density at radius 2 is 2.00 bits per heavy atom. The lowest BCUT2D eigenvalue weighted by Crippen LogP contribution is -2.13. The summed E-state index contributed by atoms with van der Waals surface area (Å²) < 4.78 is 0. The van der Waals surface area contributed by atoms with E-state index in [9.17, 15) is 0 Å². The summed E-state index contributed by atoms with van der Waals surface area (Å²) in [6.07, 6.45) is 2.58. The highest BCUT2D eigenvalue weighted by Crippen LogP contribution is 2.39. The molecule has 0 spiro atoms. The van der Waals surface area contributed by atoms with Crippen LogP contribution in [0, 0.1) is 6.92 Å². The molecule has 0 unspecified atom stereocenters. The molecule has 0 aromatic heterocycles. The molecule has 12 heavy (non-hydrogen) atoms. The van der Waals surface area contributed by atoms with Crippen molar-refractivity contribution >= 4 is 0 Å². The quantitative estimate of drug-likeness (QED) is 0.546. The molecule has 0 atom stereocenters. The van der Waals surface area contributed by atoms with E-state index in [-0.39, 0.29) is 0 Å². The Kier molecular flexibility index (Phi) is 1.54. The Bertz CT molecular complexity index is 308. The van der Waals surface area contributed by atoms with Crippen LogP contribution in [0.4, 0.5) is 0 Å². The van der Waals surface area contributed by atoms with Crippen molar-refractivity contribution in [1.82, 2.24) is 0 Å². The maximum absolute atomic E-state index is 2.35. The first-order chi connectivity index (χ1) is 5.61. The predicted octanol–water partition coefficient (Wildman–Crippen LogP) is 3.22. The molecule has 0 bridgehead atoms. The summed E-state index contributed by atoms with van der Waals surface area (Å²) in [5, 5.41) is 0. The van der Waals surface area contributed by atoms with E-state index in [1.807, 2.05) is 0 Å². The van der Waals surface area contributed by atoms with Gasteiger partial charge in [0.2, 0.25) is 0 Å². The summed E-state index contributed by atoms with van der Waals surface area (Å²) in [4.78, 5) is 0. The summed E-state index contributed by atoms with van der Waals surface area (Å²) >= 11 is 0. The Labute approximate surface area is 74.6 Å². The SMILES string of the molecule is Cc1cccc2c1C(C)(C)CC2. The van der Waals surface area contributed by atoms with Gasteiger partial charge in [0.1, 0.15) is 0 Å². The van der Waals surface area contributed by atoms with Gasteiger partial charge in [0.05, 0.1) is 0 Å². The minimum atomic E-state index is 0.417. The first kappa shape index (κ1) is 7.85. The van der Waals surface area contributed by atoms with Crippen LogP contribution in [-0.2, 0) is 11.8 Å². The van der Waals surface area contributed by atoms with E-state index < -0.39 is 0 Å². The van der Waals surface area contributed by atoms with Gasteiger partial charge in [-0.25, -0.2) is 0 Å². The number of benzene rings is 1. The van der Waals surface area contributed by atoms with Crippen molar-refractivity contribution in [2.75, 3.05) is 0 Å². The summed E-state index contributed by atoms with van der Waals surface area (Å²) in [5.74, 6) is 0. The van der Waals surface area contributed by atoms with Gasteiger partial charge in [-0.1, -0.05) is 32.0 Å². The van der Waals surface area contributed by atoms with Crippen LogP contribution >= 0.6 is 0 Å². The highest BCUT2D eigenvalue weighted by Gasteiger charge is 2.30. The van der Waals surface area contributed by atoms with Crippen molar-refractivity contribution in [2.24, 2.45) is 0 Å². The number of hydrogen-bond donors (Lipinski definition) is 0. The van der Waals surface area contributed by atoms with Crippen LogP contribution in [-0.4, -0.2) is 0 Å². The topological polar surface area (TPSA) is 0 Å². The van der Waals surface area contributed by atoms with E-state index in [0.717, 1.165) is 0 Å². The fourth-order valence-electron chi connectivity index (χ4n) is 2.48. The average Bonchev–Trinajstić information content (AvgIpc) is 2.29. The lowest BCUT2D eigenvalue weighted by Gasteiger charge is -2.20. The van der Waals surface area contributed by atoms with Crippen molar-refractivity contribution in [3.63, 3.8) is 0 Å². The standard InChI is InChI=1S/C12H16/c1-9-5-4-6-10-7-8-12(2,3)11(9)10/h4-6H,7-8H2,1-3H3. The monoisotopic (exact) mass is 160 g/mol. The van der Waals surface area contributed by atoms with E-state index >= 15 is 0 Å². The largest absolute Gasteiger partial charge is 0.0617 e. The average molecular weight is 160 g/mol. The van der Waals surface area contributed by atoms with Crippen molar-refractivity contribution in [1.29, 1.82) is 0 Å². The van der Waals surface area contributed by atoms with Crippen LogP contribution in [0.15, 0.2) is 18.2 Å². The van der Waals surface area contributed by atoms with Crippen LogP contribution in [0.1, 0.15) is 37.0 Å². The van der Waals surface area contributed by atoms with E-state index in [4.69, 9.17) is 0 Å². The molecule has 0 heterocycles. The van der Waals surface area contributed by atoms with Gasteiger partial charge >= 0.3 is 0 Å². The summed E-state index contributed by atoms with van der Waals surface area (Å²) in [6, 6.07) is 6.68. The van der Waals surface area contributed by atoms with Crippen molar-refractivity contribution in [3.05, 3.63) is 34.9 Å². The Morgan fingerprint density at radius 1 is 1.25 bits per heavy atom. The van der Waals surface area contributed by atoms with E-state index in [2.05, 4.69) is 39.0 Å². The van der Waals surface area contributed by atoms with Crippen LogP contribution < -0.4 is 0 Å². The van der Waals surface area contributed by atoms with Crippen LogP contribution in [0.3, 0.4) is 0 Å². The van der Waals surface area contributed by atoms with Crippen LogP contribution in [0.2, 0.25) is 0 Å². The molecular formula is C12H16. The molecule has 1 aliphatic rings. The molecule has 0 amide bonds. The summed E-state index contributed by atoms with van der Waals surface area (Å²) in [7, 11) is 0. The van der Waals surface area contributed by atoms with E-state index in [1.54, 1.807) is 11.1 Å². The first-order valence-corrected chi connectivity index (χ1v) is 4.70. The Balaban J connectivity index is 2.64. The molecule has 0 saturated carbocycles. The number of rotatable bonds is 0. The molecule has 0 saturated heterocycles. The Morgan fingerprint density at radius 3 is 2.67 bits per heavy atom. The lowest BCUT2D eigenvalue weighted by molar-refractivity contribution is 0.520. The summed E-state index contributed by atoms with van der Waals surface area (Å²) in [5.41, 5.74) is 5.06. The Hall–Kier alpha value is -0.780. The fraction of sp³-hybridized carbons (Fsp3) is 0.500. The lowest BCUT2D eigenvalue weighted by atomic mass is 9.84. The predicted molar refractivity (Wildman–Crippen MR) is 52.5 cm³/mol. The van der Waals surface area contributed by atoms with Gasteiger partial charge in [-0.15, -0.1) is 0 Å². The van der Waals surface area contributed by atoms with Crippen molar-refractivity contribution < 1.29 is 0 Å². The molecule has 1 aliphatic carbocycles. The number of fused-ring (bicyclic) bond motifs is 1. The molecule has 1 aromatic rings. The molecule has 2 rings (SSSR count). The second-order valence-corrected chi connectivity index (χ2v) is 4.49. The third-order valence-electron chi connectivity index (χ3n) is 3.06. The van der Waals surface area contributed by atoms with Gasteiger partial charge in [0, 0.05) is 0 Å². The second kappa shape index (κ2) is 2.35. The number of hydrogen-bond acceptors (Lipinski definition) is 0. The number of aryl methyl sites for hydroxylation is 2. The van der Waals surface area contributed by atoms with Crippen molar-refractivity contribution in [3.8, 4) is 0 Å². The van der Waals surface area contributed by atoms with Gasteiger partial charge in [0.15, 0.2) is 0 Å². The third kappa shape index (κ3) is 0.979. The molecule has 0 heteroatoms. The molecule has 1 aromatic carbocycles. The minimum Gasteiger partial charge on any atom is -0.0617 e. The van der Waals surface area contributed by atoms with Crippen molar-refractivity contribution in [2.45, 2.75) is 39.0 Å². The van der Waals surface area contributed by atoms with E-state index in [1.165, 1.54) is 18.4 Å². The van der Waals surface area contributed by atoms with Gasteiger partial charge in [-0.05, 0) is 41.9 Å². The van der Waals surface area contributed by atoms with Gasteiger partial charge in [0.25, 0.3) is 0 Å². The first-order valence-electron chi connectivity index (χ1n) is 4.70. The zero-order chi connectivity index (χ0) is 8.77. The molecule has 0 aliphatic heterocycles. The molecule has 64 valence electrons. The maximum Gasteiger partial charge on any atom is -0.00950 e. The maximum atomic E-state index is 2.35. The molecule has 0 fully saturated rings. The van der Waals surface area contributed by atoms with Gasteiger partial charge in [-0.2, -0.15) is 0 Å². The van der Waals surface area contributed by atoms with Gasteiger partial charge in [-0.3, -0.25) is 0 Å². The van der Waals surface area contributed by atoms with Crippen LogP contribution in [0.25, 0.3) is 0 Å². The summed E-state index contributed by atoms with van der Waals surface area (Å²) in [6.45, 7) is 6.93. The van der Waals surface area contributed by atoms with E-state index in [0.29, 0.717) is 5.41 Å².